The van der Waals surface area contributed by atoms with Gasteiger partial charge in [0.05, 0.1) is 6.04 Å². The Hall–Kier alpha value is -1.95. The first-order chi connectivity index (χ1) is 9.99. The summed E-state index contributed by atoms with van der Waals surface area (Å²) in [4.78, 5) is 12.1. The van der Waals surface area contributed by atoms with Gasteiger partial charge < -0.3 is 15.4 Å². The van der Waals surface area contributed by atoms with Gasteiger partial charge in [-0.1, -0.05) is 18.2 Å². The zero-order valence-corrected chi connectivity index (χ0v) is 12.0. The third-order valence-corrected chi connectivity index (χ3v) is 3.50. The van der Waals surface area contributed by atoms with E-state index in [0.29, 0.717) is 11.1 Å². The summed E-state index contributed by atoms with van der Waals surface area (Å²) < 4.78 is 29.3. The molecule has 114 valence electrons. The van der Waals surface area contributed by atoms with E-state index in [4.69, 9.17) is 0 Å². The highest BCUT2D eigenvalue weighted by atomic mass is 19.3. The second-order valence-corrected chi connectivity index (χ2v) is 4.94. The van der Waals surface area contributed by atoms with Crippen LogP contribution in [0.2, 0.25) is 0 Å². The lowest BCUT2D eigenvalue weighted by atomic mass is 10.0. The Kier molecular flexibility index (Phi) is 4.90. The monoisotopic (exact) mass is 296 g/mol. The molecular weight excluding hydrogens is 278 g/mol. The number of rotatable bonds is 5. The number of hydrogen-bond acceptors (Lipinski definition) is 3. The van der Waals surface area contributed by atoms with Gasteiger partial charge in [-0.05, 0) is 25.5 Å². The van der Waals surface area contributed by atoms with E-state index in [1.54, 1.807) is 32.0 Å². The highest BCUT2D eigenvalue weighted by Gasteiger charge is 2.20. The van der Waals surface area contributed by atoms with E-state index < -0.39 is 12.7 Å². The molecule has 21 heavy (non-hydrogen) atoms. The van der Waals surface area contributed by atoms with Gasteiger partial charge in [-0.15, -0.1) is 0 Å². The lowest BCUT2D eigenvalue weighted by Gasteiger charge is -2.23. The molecule has 0 bridgehead atoms. The van der Waals surface area contributed by atoms with Gasteiger partial charge in [0, 0.05) is 24.2 Å². The Balaban J connectivity index is 2.09. The number of ether oxygens (including phenoxy) is 1. The minimum Gasteiger partial charge on any atom is -0.434 e. The van der Waals surface area contributed by atoms with Crippen LogP contribution in [-0.2, 0) is 4.79 Å². The van der Waals surface area contributed by atoms with Crippen molar-refractivity contribution in [1.29, 1.82) is 0 Å². The van der Waals surface area contributed by atoms with E-state index in [9.17, 15) is 13.6 Å². The number of carbonyl (C=O) groups excluding carboxylic acids is 1. The first kappa shape index (κ1) is 15.4. The summed E-state index contributed by atoms with van der Waals surface area (Å²) in [6.45, 7) is 2.05. The number of para-hydroxylation sites is 1. The van der Waals surface area contributed by atoms with Crippen molar-refractivity contribution in [1.82, 2.24) is 10.6 Å². The first-order valence-corrected chi connectivity index (χ1v) is 6.73. The number of amides is 1. The van der Waals surface area contributed by atoms with Crippen molar-refractivity contribution in [2.24, 2.45) is 0 Å². The molecular formula is C15H18F2N2O2. The van der Waals surface area contributed by atoms with Crippen molar-refractivity contribution in [2.45, 2.75) is 26.5 Å². The molecule has 1 aromatic rings. The Morgan fingerprint density at radius 1 is 1.33 bits per heavy atom. The zero-order valence-electron chi connectivity index (χ0n) is 12.0. The molecule has 6 heteroatoms. The molecule has 1 aromatic carbocycles. The molecule has 1 aliphatic heterocycles. The van der Waals surface area contributed by atoms with Crippen molar-refractivity contribution < 1.29 is 18.3 Å². The van der Waals surface area contributed by atoms with Crippen molar-refractivity contribution in [2.75, 3.05) is 13.1 Å². The van der Waals surface area contributed by atoms with Crippen LogP contribution in [0.3, 0.4) is 0 Å². The molecule has 2 N–H and O–H groups in total. The van der Waals surface area contributed by atoms with E-state index >= 15 is 0 Å². The SMILES string of the molecule is CC(C(=O)NC(C)c1ccccc1OC(F)F)=C1CNC1. The largest absolute Gasteiger partial charge is 0.434 e. The van der Waals surface area contributed by atoms with Gasteiger partial charge in [0.2, 0.25) is 5.91 Å². The van der Waals surface area contributed by atoms with E-state index in [-0.39, 0.29) is 11.7 Å². The summed E-state index contributed by atoms with van der Waals surface area (Å²) in [5.74, 6) is -0.109. The third kappa shape index (κ3) is 3.78. The quantitative estimate of drug-likeness (QED) is 0.820. The molecule has 0 spiro atoms. The molecule has 0 radical (unpaired) electrons. The molecule has 1 heterocycles. The maximum Gasteiger partial charge on any atom is 0.387 e. The average molecular weight is 296 g/mol. The van der Waals surface area contributed by atoms with Gasteiger partial charge in [0.25, 0.3) is 0 Å². The lowest BCUT2D eigenvalue weighted by Crippen LogP contribution is -2.38. The third-order valence-electron chi connectivity index (χ3n) is 3.50. The molecule has 1 amide bonds. The Morgan fingerprint density at radius 3 is 2.57 bits per heavy atom. The summed E-state index contributed by atoms with van der Waals surface area (Å²) in [5.41, 5.74) is 2.26. The number of benzene rings is 1. The summed E-state index contributed by atoms with van der Waals surface area (Å²) >= 11 is 0. The molecule has 1 atom stereocenters. The van der Waals surface area contributed by atoms with Crippen LogP contribution >= 0.6 is 0 Å². The maximum absolute atomic E-state index is 12.4. The topological polar surface area (TPSA) is 50.4 Å². The normalized spacial score (nSPS) is 15.4. The maximum atomic E-state index is 12.4. The van der Waals surface area contributed by atoms with Crippen molar-refractivity contribution in [3.63, 3.8) is 0 Å². The van der Waals surface area contributed by atoms with E-state index in [0.717, 1.165) is 18.7 Å². The summed E-state index contributed by atoms with van der Waals surface area (Å²) in [7, 11) is 0. The van der Waals surface area contributed by atoms with Gasteiger partial charge in [-0.2, -0.15) is 8.78 Å². The van der Waals surface area contributed by atoms with Crippen LogP contribution in [0.25, 0.3) is 0 Å². The van der Waals surface area contributed by atoms with Crippen LogP contribution in [0.1, 0.15) is 25.5 Å². The number of alkyl halides is 2. The predicted octanol–water partition coefficient (Wildman–Crippen LogP) is 2.38. The minimum absolute atomic E-state index is 0.0796. The summed E-state index contributed by atoms with van der Waals surface area (Å²) in [6, 6.07) is 6.04. The fourth-order valence-electron chi connectivity index (χ4n) is 2.10. The van der Waals surface area contributed by atoms with Gasteiger partial charge in [-0.3, -0.25) is 4.79 Å². The summed E-state index contributed by atoms with van der Waals surface area (Å²) in [5, 5.41) is 5.88. The molecule has 1 fully saturated rings. The standard InChI is InChI=1S/C15H18F2N2O2/c1-9(11-7-18-8-11)14(20)19-10(2)12-5-3-4-6-13(12)21-15(16)17/h3-6,10,15,18H,7-8H2,1-2H3,(H,19,20). The highest BCUT2D eigenvalue weighted by molar-refractivity contribution is 5.94. The van der Waals surface area contributed by atoms with Crippen LogP contribution in [0.15, 0.2) is 35.4 Å². The van der Waals surface area contributed by atoms with Crippen LogP contribution in [0.5, 0.6) is 5.75 Å². The molecule has 1 aliphatic rings. The molecule has 0 saturated carbocycles. The number of halogens is 2. The second-order valence-electron chi connectivity index (χ2n) is 4.94. The Morgan fingerprint density at radius 2 is 2.00 bits per heavy atom. The van der Waals surface area contributed by atoms with Crippen molar-refractivity contribution in [3.8, 4) is 5.75 Å². The smallest absolute Gasteiger partial charge is 0.387 e. The van der Waals surface area contributed by atoms with E-state index in [1.807, 2.05) is 0 Å². The number of hydrogen-bond donors (Lipinski definition) is 2. The predicted molar refractivity (Wildman–Crippen MR) is 75.2 cm³/mol. The van der Waals surface area contributed by atoms with Gasteiger partial charge in [0.1, 0.15) is 5.75 Å². The van der Waals surface area contributed by atoms with Gasteiger partial charge >= 0.3 is 6.61 Å². The minimum atomic E-state index is -2.89. The molecule has 1 unspecified atom stereocenters. The van der Waals surface area contributed by atoms with E-state index in [1.165, 1.54) is 6.07 Å². The lowest BCUT2D eigenvalue weighted by molar-refractivity contribution is -0.118. The van der Waals surface area contributed by atoms with Crippen molar-refractivity contribution in [3.05, 3.63) is 41.0 Å². The van der Waals surface area contributed by atoms with E-state index in [2.05, 4.69) is 15.4 Å². The molecule has 0 aliphatic carbocycles. The Bertz CT molecular complexity index is 552. The number of carbonyl (C=O) groups is 1. The highest BCUT2D eigenvalue weighted by Crippen LogP contribution is 2.26. The molecule has 4 nitrogen and oxygen atoms in total. The van der Waals surface area contributed by atoms with Crippen molar-refractivity contribution >= 4 is 5.91 Å². The fraction of sp³-hybridized carbons (Fsp3) is 0.400. The second kappa shape index (κ2) is 6.67. The van der Waals surface area contributed by atoms with Gasteiger partial charge in [0.15, 0.2) is 0 Å². The fourth-order valence-corrected chi connectivity index (χ4v) is 2.10. The average Bonchev–Trinajstić information content (AvgIpc) is 2.36. The molecule has 2 rings (SSSR count). The number of nitrogens with one attached hydrogen (secondary N) is 2. The van der Waals surface area contributed by atoms with Crippen LogP contribution < -0.4 is 15.4 Å². The molecule has 1 saturated heterocycles. The van der Waals surface area contributed by atoms with Crippen LogP contribution in [-0.4, -0.2) is 25.6 Å². The first-order valence-electron chi connectivity index (χ1n) is 6.73. The molecule has 0 aromatic heterocycles. The van der Waals surface area contributed by atoms with Crippen LogP contribution in [0.4, 0.5) is 8.78 Å². The summed E-state index contributed by atoms with van der Waals surface area (Å²) in [6.07, 6.45) is 0. The Labute approximate surface area is 122 Å². The zero-order chi connectivity index (χ0) is 15.4. The van der Waals surface area contributed by atoms with Crippen LogP contribution in [0, 0.1) is 0 Å². The van der Waals surface area contributed by atoms with Gasteiger partial charge in [-0.25, -0.2) is 0 Å².